The third kappa shape index (κ3) is 6.32. The van der Waals surface area contributed by atoms with Gasteiger partial charge in [0.05, 0.1) is 16.3 Å². The Labute approximate surface area is 169 Å². The maximum Gasteiger partial charge on any atom is 0.243 e. The summed E-state index contributed by atoms with van der Waals surface area (Å²) >= 11 is 0. The van der Waals surface area contributed by atoms with E-state index in [-0.39, 0.29) is 22.9 Å². The van der Waals surface area contributed by atoms with Crippen molar-refractivity contribution in [2.24, 2.45) is 0 Å². The zero-order valence-electron chi connectivity index (χ0n) is 15.9. The lowest BCUT2D eigenvalue weighted by Gasteiger charge is -2.17. The molecule has 2 N–H and O–H groups in total. The molecule has 1 amide bonds. The fourth-order valence-electron chi connectivity index (χ4n) is 2.32. The molecule has 0 fully saturated rings. The molecule has 0 bridgehead atoms. The normalized spacial score (nSPS) is 12.1. The van der Waals surface area contributed by atoms with Gasteiger partial charge in [-0.1, -0.05) is 17.7 Å². The number of likely N-dealkylation sites (N-methyl/N-ethyl adjacent to an activating group) is 1. The zero-order chi connectivity index (χ0) is 21.7. The van der Waals surface area contributed by atoms with E-state index in [1.54, 1.807) is 12.1 Å². The number of aryl methyl sites for hydroxylation is 1. The molecule has 2 rings (SSSR count). The fraction of sp³-hybridized carbons (Fsp3) is 0.278. The summed E-state index contributed by atoms with van der Waals surface area (Å²) in [4.78, 5) is 11.9. The Hall–Kier alpha value is -2.34. The second-order valence-corrected chi connectivity index (χ2v) is 10.1. The van der Waals surface area contributed by atoms with Crippen LogP contribution >= 0.6 is 0 Å². The lowest BCUT2D eigenvalue weighted by Crippen LogP contribution is -2.41. The quantitative estimate of drug-likeness (QED) is 0.558. The van der Waals surface area contributed by atoms with E-state index in [2.05, 4.69) is 10.0 Å². The SMILES string of the molecule is Cc1ccc(S(=O)(=O)NCCNC(=O)CN(C)S(=O)(=O)c2ccc(F)cc2)cc1. The molecule has 0 radical (unpaired) electrons. The number of hydrogen-bond donors (Lipinski definition) is 2. The molecule has 11 heteroatoms. The Bertz CT molecular complexity index is 1050. The van der Waals surface area contributed by atoms with Crippen molar-refractivity contribution in [3.63, 3.8) is 0 Å². The number of carbonyl (C=O) groups excluding carboxylic acids is 1. The van der Waals surface area contributed by atoms with Gasteiger partial charge in [0.15, 0.2) is 0 Å². The third-order valence-corrected chi connectivity index (χ3v) is 7.25. The van der Waals surface area contributed by atoms with Crippen molar-refractivity contribution < 1.29 is 26.0 Å². The summed E-state index contributed by atoms with van der Waals surface area (Å²) in [6.45, 7) is 1.29. The summed E-state index contributed by atoms with van der Waals surface area (Å²) in [5.41, 5.74) is 0.927. The van der Waals surface area contributed by atoms with E-state index in [1.165, 1.54) is 19.2 Å². The summed E-state index contributed by atoms with van der Waals surface area (Å²) in [6, 6.07) is 10.6. The molecular formula is C18H22FN3O5S2. The van der Waals surface area contributed by atoms with Crippen LogP contribution in [0.1, 0.15) is 5.56 Å². The minimum Gasteiger partial charge on any atom is -0.354 e. The molecule has 0 saturated carbocycles. The average Bonchev–Trinajstić information content (AvgIpc) is 2.66. The molecule has 0 aliphatic rings. The molecule has 8 nitrogen and oxygen atoms in total. The van der Waals surface area contributed by atoms with Crippen LogP contribution in [0.2, 0.25) is 0 Å². The van der Waals surface area contributed by atoms with Crippen molar-refractivity contribution in [2.45, 2.75) is 16.7 Å². The molecule has 0 aromatic heterocycles. The van der Waals surface area contributed by atoms with Crippen LogP contribution in [-0.2, 0) is 24.8 Å². The predicted molar refractivity (Wildman–Crippen MR) is 106 cm³/mol. The fourth-order valence-corrected chi connectivity index (χ4v) is 4.48. The van der Waals surface area contributed by atoms with Crippen molar-refractivity contribution in [1.29, 1.82) is 0 Å². The molecule has 0 saturated heterocycles. The first-order valence-corrected chi connectivity index (χ1v) is 11.5. The molecule has 158 valence electrons. The van der Waals surface area contributed by atoms with Crippen LogP contribution in [0.3, 0.4) is 0 Å². The van der Waals surface area contributed by atoms with E-state index in [0.29, 0.717) is 0 Å². The van der Waals surface area contributed by atoms with Gasteiger partial charge in [-0.2, -0.15) is 4.31 Å². The molecule has 2 aromatic rings. The molecular weight excluding hydrogens is 421 g/mol. The van der Waals surface area contributed by atoms with Crippen LogP contribution in [0.4, 0.5) is 4.39 Å². The van der Waals surface area contributed by atoms with Crippen LogP contribution < -0.4 is 10.0 Å². The number of rotatable bonds is 9. The van der Waals surface area contributed by atoms with Crippen LogP contribution in [0.25, 0.3) is 0 Å². The lowest BCUT2D eigenvalue weighted by molar-refractivity contribution is -0.121. The van der Waals surface area contributed by atoms with E-state index >= 15 is 0 Å². The van der Waals surface area contributed by atoms with Crippen LogP contribution in [-0.4, -0.2) is 53.7 Å². The van der Waals surface area contributed by atoms with Crippen molar-refractivity contribution in [3.8, 4) is 0 Å². The highest BCUT2D eigenvalue weighted by Gasteiger charge is 2.23. The maximum atomic E-state index is 12.9. The van der Waals surface area contributed by atoms with E-state index in [4.69, 9.17) is 0 Å². The number of halogens is 1. The van der Waals surface area contributed by atoms with Gasteiger partial charge in [-0.05, 0) is 43.3 Å². The molecule has 0 atom stereocenters. The summed E-state index contributed by atoms with van der Waals surface area (Å²) in [5.74, 6) is -1.18. The Morgan fingerprint density at radius 2 is 1.48 bits per heavy atom. The molecule has 0 unspecified atom stereocenters. The lowest BCUT2D eigenvalue weighted by atomic mass is 10.2. The molecule has 0 aliphatic heterocycles. The highest BCUT2D eigenvalue weighted by molar-refractivity contribution is 7.89. The van der Waals surface area contributed by atoms with Crippen molar-refractivity contribution >= 4 is 26.0 Å². The first-order valence-electron chi connectivity index (χ1n) is 8.57. The standard InChI is InChI=1S/C18H22FN3O5S2/c1-14-3-7-16(8-4-14)28(24,25)21-12-11-20-18(23)13-22(2)29(26,27)17-9-5-15(19)6-10-17/h3-10,21H,11-13H2,1-2H3,(H,20,23). The minimum absolute atomic E-state index is 0.0195. The first-order chi connectivity index (χ1) is 13.5. The predicted octanol–water partition coefficient (Wildman–Crippen LogP) is 0.849. The van der Waals surface area contributed by atoms with Gasteiger partial charge in [-0.3, -0.25) is 4.79 Å². The second-order valence-electron chi connectivity index (χ2n) is 6.28. The second kappa shape index (κ2) is 9.44. The Kier molecular flexibility index (Phi) is 7.47. The van der Waals surface area contributed by atoms with Gasteiger partial charge in [-0.15, -0.1) is 0 Å². The van der Waals surface area contributed by atoms with Crippen LogP contribution in [0.15, 0.2) is 58.3 Å². The van der Waals surface area contributed by atoms with Gasteiger partial charge < -0.3 is 5.32 Å². The number of hydrogen-bond acceptors (Lipinski definition) is 5. The summed E-state index contributed by atoms with van der Waals surface area (Å²) in [7, 11) is -6.43. The monoisotopic (exact) mass is 443 g/mol. The van der Waals surface area contributed by atoms with Gasteiger partial charge in [0.2, 0.25) is 26.0 Å². The van der Waals surface area contributed by atoms with Crippen molar-refractivity contribution in [3.05, 3.63) is 59.9 Å². The van der Waals surface area contributed by atoms with E-state index < -0.39 is 38.3 Å². The molecule has 0 spiro atoms. The van der Waals surface area contributed by atoms with Crippen molar-refractivity contribution in [1.82, 2.24) is 14.3 Å². The summed E-state index contributed by atoms with van der Waals surface area (Å²) in [5, 5.41) is 2.45. The van der Waals surface area contributed by atoms with Gasteiger partial charge in [-0.25, -0.2) is 25.9 Å². The first kappa shape index (κ1) is 22.9. The molecule has 0 aliphatic carbocycles. The van der Waals surface area contributed by atoms with E-state index in [9.17, 15) is 26.0 Å². The highest BCUT2D eigenvalue weighted by Crippen LogP contribution is 2.14. The van der Waals surface area contributed by atoms with Crippen molar-refractivity contribution in [2.75, 3.05) is 26.7 Å². The number of amides is 1. The Morgan fingerprint density at radius 3 is 2.07 bits per heavy atom. The number of sulfonamides is 2. The number of nitrogens with one attached hydrogen (secondary N) is 2. The zero-order valence-corrected chi connectivity index (χ0v) is 17.6. The van der Waals surface area contributed by atoms with Gasteiger partial charge in [0.25, 0.3) is 0 Å². The summed E-state index contributed by atoms with van der Waals surface area (Å²) < 4.78 is 65.1. The van der Waals surface area contributed by atoms with Gasteiger partial charge >= 0.3 is 0 Å². The molecule has 0 heterocycles. The smallest absolute Gasteiger partial charge is 0.243 e. The number of benzene rings is 2. The highest BCUT2D eigenvalue weighted by atomic mass is 32.2. The Morgan fingerprint density at radius 1 is 0.931 bits per heavy atom. The van der Waals surface area contributed by atoms with Gasteiger partial charge in [0.1, 0.15) is 5.82 Å². The minimum atomic E-state index is -3.95. The number of nitrogens with zero attached hydrogens (tertiary/aromatic N) is 1. The average molecular weight is 444 g/mol. The Balaban J connectivity index is 1.83. The van der Waals surface area contributed by atoms with E-state index in [1.807, 2.05) is 6.92 Å². The largest absolute Gasteiger partial charge is 0.354 e. The summed E-state index contributed by atoms with van der Waals surface area (Å²) in [6.07, 6.45) is 0. The molecule has 2 aromatic carbocycles. The van der Waals surface area contributed by atoms with Gasteiger partial charge in [0, 0.05) is 20.1 Å². The topological polar surface area (TPSA) is 113 Å². The van der Waals surface area contributed by atoms with Crippen LogP contribution in [0.5, 0.6) is 0 Å². The van der Waals surface area contributed by atoms with Crippen LogP contribution in [0, 0.1) is 12.7 Å². The number of carbonyl (C=O) groups is 1. The third-order valence-electron chi connectivity index (χ3n) is 3.96. The maximum absolute atomic E-state index is 12.9. The molecule has 29 heavy (non-hydrogen) atoms. The van der Waals surface area contributed by atoms with E-state index in [0.717, 1.165) is 34.1 Å².